The second-order valence-corrected chi connectivity index (χ2v) is 8.98. The number of fused-ring (bicyclic) bond motifs is 5. The highest BCUT2D eigenvalue weighted by Crippen LogP contribution is 2.65. The van der Waals surface area contributed by atoms with Crippen molar-refractivity contribution in [1.29, 1.82) is 0 Å². The maximum absolute atomic E-state index is 5.73. The van der Waals surface area contributed by atoms with Crippen LogP contribution >= 0.6 is 0 Å². The lowest BCUT2D eigenvalue weighted by Crippen LogP contribution is -2.52. The molecule has 0 amide bonds. The first kappa shape index (κ1) is 13.9. The maximum Gasteiger partial charge on any atom is 0.0203 e. The van der Waals surface area contributed by atoms with Crippen molar-refractivity contribution in [3.05, 3.63) is 12.2 Å². The minimum atomic E-state index is 0.528. The summed E-state index contributed by atoms with van der Waals surface area (Å²) >= 11 is 0. The summed E-state index contributed by atoms with van der Waals surface area (Å²) in [5.41, 5.74) is 1.13. The van der Waals surface area contributed by atoms with E-state index >= 15 is 0 Å². The van der Waals surface area contributed by atoms with Crippen LogP contribution in [0.1, 0.15) is 65.2 Å². The molecule has 3 fully saturated rings. The van der Waals surface area contributed by atoms with Gasteiger partial charge in [0.25, 0.3) is 0 Å². The smallest absolute Gasteiger partial charge is 0.0203 e. The van der Waals surface area contributed by atoms with Gasteiger partial charge in [-0.15, -0.1) is 12.3 Å². The summed E-state index contributed by atoms with van der Waals surface area (Å²) in [6.07, 6.45) is 21.9. The minimum absolute atomic E-state index is 0.528. The van der Waals surface area contributed by atoms with Gasteiger partial charge in [0.05, 0.1) is 0 Å². The van der Waals surface area contributed by atoms with Crippen molar-refractivity contribution < 1.29 is 0 Å². The van der Waals surface area contributed by atoms with Gasteiger partial charge in [0.1, 0.15) is 0 Å². The molecule has 0 aromatic carbocycles. The van der Waals surface area contributed by atoms with Gasteiger partial charge in [0, 0.05) is 5.92 Å². The molecule has 21 heavy (non-hydrogen) atoms. The van der Waals surface area contributed by atoms with E-state index in [2.05, 4.69) is 31.9 Å². The van der Waals surface area contributed by atoms with E-state index in [0.717, 1.165) is 23.7 Å². The molecule has 0 aromatic rings. The van der Waals surface area contributed by atoms with Gasteiger partial charge < -0.3 is 0 Å². The SMILES string of the molecule is C#CC1CCC2(C)C(CCC3C4CC=CC4(C)CCC32)C1. The van der Waals surface area contributed by atoms with Crippen LogP contribution in [0.5, 0.6) is 0 Å². The van der Waals surface area contributed by atoms with Gasteiger partial charge in [-0.05, 0) is 85.9 Å². The zero-order chi connectivity index (χ0) is 14.7. The molecule has 0 nitrogen and oxygen atoms in total. The summed E-state index contributed by atoms with van der Waals surface area (Å²) in [5, 5.41) is 0. The number of hydrogen-bond acceptors (Lipinski definition) is 0. The van der Waals surface area contributed by atoms with Crippen LogP contribution in [0.3, 0.4) is 0 Å². The van der Waals surface area contributed by atoms with Crippen molar-refractivity contribution in [2.75, 3.05) is 0 Å². The summed E-state index contributed by atoms with van der Waals surface area (Å²) in [4.78, 5) is 0. The molecule has 0 spiro atoms. The number of allylic oxidation sites excluding steroid dienone is 2. The van der Waals surface area contributed by atoms with E-state index in [1.54, 1.807) is 0 Å². The molecular formula is C21H30. The van der Waals surface area contributed by atoms with Crippen molar-refractivity contribution >= 4 is 0 Å². The van der Waals surface area contributed by atoms with Gasteiger partial charge in [-0.25, -0.2) is 0 Å². The van der Waals surface area contributed by atoms with Crippen molar-refractivity contribution in [3.63, 3.8) is 0 Å². The van der Waals surface area contributed by atoms with Crippen LogP contribution in [0.2, 0.25) is 0 Å². The highest BCUT2D eigenvalue weighted by Gasteiger charge is 2.56. The zero-order valence-corrected chi connectivity index (χ0v) is 13.8. The second-order valence-electron chi connectivity index (χ2n) is 8.98. The Kier molecular flexibility index (Phi) is 3.08. The molecule has 3 saturated carbocycles. The van der Waals surface area contributed by atoms with Crippen LogP contribution in [0.25, 0.3) is 0 Å². The Bertz CT molecular complexity index is 495. The van der Waals surface area contributed by atoms with Gasteiger partial charge >= 0.3 is 0 Å². The Balaban J connectivity index is 1.61. The average molecular weight is 282 g/mol. The van der Waals surface area contributed by atoms with Crippen molar-refractivity contribution in [3.8, 4) is 12.3 Å². The largest absolute Gasteiger partial charge is 0.120 e. The summed E-state index contributed by atoms with van der Waals surface area (Å²) in [6.45, 7) is 5.16. The summed E-state index contributed by atoms with van der Waals surface area (Å²) in [6, 6.07) is 0. The molecule has 0 heteroatoms. The van der Waals surface area contributed by atoms with Crippen molar-refractivity contribution in [2.45, 2.75) is 65.2 Å². The first-order chi connectivity index (χ1) is 10.1. The first-order valence-corrected chi connectivity index (χ1v) is 9.21. The zero-order valence-electron chi connectivity index (χ0n) is 13.8. The lowest BCUT2D eigenvalue weighted by atomic mass is 9.45. The van der Waals surface area contributed by atoms with E-state index < -0.39 is 0 Å². The molecule has 4 aliphatic carbocycles. The third-order valence-electron chi connectivity index (χ3n) is 8.23. The molecule has 0 saturated heterocycles. The maximum atomic E-state index is 5.73. The Labute approximate surface area is 130 Å². The molecule has 4 aliphatic rings. The van der Waals surface area contributed by atoms with Crippen LogP contribution in [0, 0.1) is 52.8 Å². The average Bonchev–Trinajstić information content (AvgIpc) is 2.88. The van der Waals surface area contributed by atoms with Crippen molar-refractivity contribution in [2.24, 2.45) is 40.4 Å². The normalized spacial score (nSPS) is 55.2. The van der Waals surface area contributed by atoms with Crippen LogP contribution in [0.15, 0.2) is 12.2 Å². The highest BCUT2D eigenvalue weighted by atomic mass is 14.6. The Hall–Kier alpha value is -0.700. The monoisotopic (exact) mass is 282 g/mol. The standard InChI is InChI=1S/C21H30/c1-4-15-9-13-21(3)16(14-15)7-8-17-18-6-5-11-20(18,2)12-10-19(17)21/h1,5,11,15-19H,6-10,12-14H2,2-3H3. The molecule has 0 bridgehead atoms. The lowest BCUT2D eigenvalue weighted by molar-refractivity contribution is -0.102. The van der Waals surface area contributed by atoms with E-state index in [0.29, 0.717) is 16.7 Å². The molecule has 4 rings (SSSR count). The van der Waals surface area contributed by atoms with Gasteiger partial charge in [0.2, 0.25) is 0 Å². The van der Waals surface area contributed by atoms with Gasteiger partial charge in [-0.3, -0.25) is 0 Å². The summed E-state index contributed by atoms with van der Waals surface area (Å²) < 4.78 is 0. The molecule has 0 heterocycles. The van der Waals surface area contributed by atoms with E-state index in [9.17, 15) is 0 Å². The van der Waals surface area contributed by atoms with E-state index in [1.807, 2.05) is 0 Å². The van der Waals surface area contributed by atoms with Gasteiger partial charge in [-0.2, -0.15) is 0 Å². The molecule has 0 aliphatic heterocycles. The quantitative estimate of drug-likeness (QED) is 0.409. The second kappa shape index (κ2) is 4.65. The molecule has 7 atom stereocenters. The third-order valence-corrected chi connectivity index (χ3v) is 8.23. The number of hydrogen-bond donors (Lipinski definition) is 0. The first-order valence-electron chi connectivity index (χ1n) is 9.21. The molecule has 7 unspecified atom stereocenters. The van der Waals surface area contributed by atoms with E-state index in [1.165, 1.54) is 51.4 Å². The van der Waals surface area contributed by atoms with Crippen LogP contribution in [-0.2, 0) is 0 Å². The molecular weight excluding hydrogens is 252 g/mol. The fourth-order valence-corrected chi connectivity index (χ4v) is 6.89. The Morgan fingerprint density at radius 1 is 1.05 bits per heavy atom. The molecule has 114 valence electrons. The van der Waals surface area contributed by atoms with Crippen molar-refractivity contribution in [1.82, 2.24) is 0 Å². The molecule has 0 radical (unpaired) electrons. The predicted molar refractivity (Wildman–Crippen MR) is 88.6 cm³/mol. The van der Waals surface area contributed by atoms with Gasteiger partial charge in [-0.1, -0.05) is 26.0 Å². The highest BCUT2D eigenvalue weighted by molar-refractivity contribution is 5.16. The predicted octanol–water partition coefficient (Wildman–Crippen LogP) is 5.44. The van der Waals surface area contributed by atoms with Crippen LogP contribution < -0.4 is 0 Å². The van der Waals surface area contributed by atoms with Gasteiger partial charge in [0.15, 0.2) is 0 Å². The fraction of sp³-hybridized carbons (Fsp3) is 0.810. The Morgan fingerprint density at radius 2 is 1.90 bits per heavy atom. The number of rotatable bonds is 0. The third kappa shape index (κ3) is 1.89. The fourth-order valence-electron chi connectivity index (χ4n) is 6.89. The summed E-state index contributed by atoms with van der Waals surface area (Å²) in [5.74, 6) is 7.45. The molecule has 0 aromatic heterocycles. The van der Waals surface area contributed by atoms with E-state index in [-0.39, 0.29) is 0 Å². The molecule has 0 N–H and O–H groups in total. The van der Waals surface area contributed by atoms with E-state index in [4.69, 9.17) is 6.42 Å². The van der Waals surface area contributed by atoms with Crippen LogP contribution in [-0.4, -0.2) is 0 Å². The summed E-state index contributed by atoms with van der Waals surface area (Å²) in [7, 11) is 0. The Morgan fingerprint density at radius 3 is 2.71 bits per heavy atom. The lowest BCUT2D eigenvalue weighted by Gasteiger charge is -2.60. The topological polar surface area (TPSA) is 0 Å². The number of terminal acetylenes is 1. The minimum Gasteiger partial charge on any atom is -0.120 e. The van der Waals surface area contributed by atoms with Crippen LogP contribution in [0.4, 0.5) is 0 Å².